The van der Waals surface area contributed by atoms with Gasteiger partial charge in [-0.1, -0.05) is 34.8 Å². The van der Waals surface area contributed by atoms with Gasteiger partial charge in [0.25, 0.3) is 5.91 Å². The molecule has 10 heteroatoms. The highest BCUT2D eigenvalue weighted by atomic mass is 35.5. The molecule has 0 unspecified atom stereocenters. The van der Waals surface area contributed by atoms with Crippen molar-refractivity contribution in [3.05, 3.63) is 43.5 Å². The summed E-state index contributed by atoms with van der Waals surface area (Å²) in [6, 6.07) is 3.79. The molecule has 2 rings (SSSR count). The molecule has 1 aromatic heterocycles. The summed E-state index contributed by atoms with van der Waals surface area (Å²) >= 11 is 18.9. The zero-order chi connectivity index (χ0) is 15.8. The van der Waals surface area contributed by atoms with E-state index in [2.05, 4.69) is 5.32 Å². The molecule has 0 atom stereocenters. The largest absolute Gasteiger partial charge is 0.319 e. The fourth-order valence-corrected chi connectivity index (χ4v) is 3.77. The first-order chi connectivity index (χ1) is 9.70. The Morgan fingerprint density at radius 1 is 1.14 bits per heavy atom. The van der Waals surface area contributed by atoms with Crippen LogP contribution < -0.4 is 10.5 Å². The Hall–Kier alpha value is -0.830. The van der Waals surface area contributed by atoms with Gasteiger partial charge in [-0.3, -0.25) is 4.79 Å². The van der Waals surface area contributed by atoms with Gasteiger partial charge in [0.1, 0.15) is 4.88 Å². The van der Waals surface area contributed by atoms with Gasteiger partial charge in [0.15, 0.2) is 0 Å². The van der Waals surface area contributed by atoms with Crippen LogP contribution in [0.3, 0.4) is 0 Å². The summed E-state index contributed by atoms with van der Waals surface area (Å²) in [4.78, 5) is 12.1. The predicted octanol–water partition coefficient (Wildman–Crippen LogP) is 3.61. The average molecular weight is 386 g/mol. The second-order valence-corrected chi connectivity index (χ2v) is 7.56. The summed E-state index contributed by atoms with van der Waals surface area (Å²) in [7, 11) is -3.94. The summed E-state index contributed by atoms with van der Waals surface area (Å²) in [5.74, 6) is -0.498. The van der Waals surface area contributed by atoms with Crippen LogP contribution in [0.2, 0.25) is 15.1 Å². The minimum Gasteiger partial charge on any atom is -0.319 e. The van der Waals surface area contributed by atoms with Crippen LogP contribution in [0.4, 0.5) is 5.69 Å². The van der Waals surface area contributed by atoms with Crippen molar-refractivity contribution in [3.63, 3.8) is 0 Å². The summed E-state index contributed by atoms with van der Waals surface area (Å²) in [5.41, 5.74) is 0.0835. The molecule has 21 heavy (non-hydrogen) atoms. The van der Waals surface area contributed by atoms with Crippen molar-refractivity contribution in [3.8, 4) is 0 Å². The highest BCUT2D eigenvalue weighted by Crippen LogP contribution is 2.34. The fraction of sp³-hybridized carbons (Fsp3) is 0. The molecule has 2 aromatic rings. The van der Waals surface area contributed by atoms with Crippen LogP contribution in [-0.2, 0) is 10.0 Å². The first kappa shape index (κ1) is 16.5. The predicted molar refractivity (Wildman–Crippen MR) is 85.1 cm³/mol. The summed E-state index contributed by atoms with van der Waals surface area (Å²) in [6.07, 6.45) is 0. The average Bonchev–Trinajstić information content (AvgIpc) is 2.78. The van der Waals surface area contributed by atoms with Crippen LogP contribution in [-0.4, -0.2) is 14.3 Å². The van der Waals surface area contributed by atoms with Crippen molar-refractivity contribution in [1.82, 2.24) is 0 Å². The summed E-state index contributed by atoms with van der Waals surface area (Å²) < 4.78 is 22.5. The molecular weight excluding hydrogens is 379 g/mol. The van der Waals surface area contributed by atoms with Crippen LogP contribution in [0.15, 0.2) is 28.5 Å². The normalized spacial score (nSPS) is 11.4. The Labute approximate surface area is 139 Å². The summed E-state index contributed by atoms with van der Waals surface area (Å²) in [5, 5.41) is 9.34. The first-order valence-electron chi connectivity index (χ1n) is 5.26. The van der Waals surface area contributed by atoms with Gasteiger partial charge >= 0.3 is 0 Å². The van der Waals surface area contributed by atoms with Gasteiger partial charge in [-0.25, -0.2) is 13.6 Å². The number of carbonyl (C=O) groups excluding carboxylic acids is 1. The standard InChI is InChI=1S/C11H7Cl3N2O3S2/c12-6-1-2-20-10(6)11(17)16-9-7(13)3-5(4-8(9)14)21(15,18)19/h1-4H,(H,16,17)(H2,15,18,19). The second-order valence-electron chi connectivity index (χ2n) is 3.86. The van der Waals surface area contributed by atoms with Crippen molar-refractivity contribution >= 4 is 67.8 Å². The van der Waals surface area contributed by atoms with E-state index in [1.165, 1.54) is 0 Å². The van der Waals surface area contributed by atoms with Crippen LogP contribution >= 0.6 is 46.1 Å². The third-order valence-electron chi connectivity index (χ3n) is 2.41. The maximum Gasteiger partial charge on any atom is 0.267 e. The number of amides is 1. The Morgan fingerprint density at radius 3 is 2.14 bits per heavy atom. The maximum absolute atomic E-state index is 12.0. The van der Waals surface area contributed by atoms with Crippen molar-refractivity contribution in [2.75, 3.05) is 5.32 Å². The molecule has 0 saturated carbocycles. The van der Waals surface area contributed by atoms with Gasteiger partial charge in [0.05, 0.1) is 25.7 Å². The molecule has 0 aliphatic heterocycles. The number of benzene rings is 1. The molecule has 5 nitrogen and oxygen atoms in total. The smallest absolute Gasteiger partial charge is 0.267 e. The van der Waals surface area contributed by atoms with Crippen LogP contribution in [0.1, 0.15) is 9.67 Å². The minimum absolute atomic E-state index is 0.0486. The summed E-state index contributed by atoms with van der Waals surface area (Å²) in [6.45, 7) is 0. The number of halogens is 3. The molecule has 0 spiro atoms. The number of hydrogen-bond donors (Lipinski definition) is 2. The van der Waals surface area contributed by atoms with Crippen molar-refractivity contribution in [2.24, 2.45) is 5.14 Å². The van der Waals surface area contributed by atoms with E-state index in [0.717, 1.165) is 23.5 Å². The van der Waals surface area contributed by atoms with Gasteiger partial charge in [0, 0.05) is 0 Å². The molecule has 0 fully saturated rings. The lowest BCUT2D eigenvalue weighted by Crippen LogP contribution is -2.14. The van der Waals surface area contributed by atoms with E-state index in [1.807, 2.05) is 0 Å². The van der Waals surface area contributed by atoms with E-state index < -0.39 is 15.9 Å². The topological polar surface area (TPSA) is 89.3 Å². The van der Waals surface area contributed by atoms with Crippen LogP contribution in [0.5, 0.6) is 0 Å². The van der Waals surface area contributed by atoms with Crippen molar-refractivity contribution in [2.45, 2.75) is 4.90 Å². The Balaban J connectivity index is 2.38. The Bertz CT molecular complexity index is 795. The third-order valence-corrected chi connectivity index (χ3v) is 5.24. The van der Waals surface area contributed by atoms with E-state index in [9.17, 15) is 13.2 Å². The minimum atomic E-state index is -3.94. The molecule has 112 valence electrons. The number of thiophene rings is 1. The molecule has 0 radical (unpaired) electrons. The number of nitrogens with two attached hydrogens (primary N) is 1. The second kappa shape index (κ2) is 6.12. The molecule has 0 saturated heterocycles. The number of rotatable bonds is 3. The molecule has 0 aliphatic rings. The lowest BCUT2D eigenvalue weighted by atomic mass is 10.3. The van der Waals surface area contributed by atoms with Gasteiger partial charge in [-0.15, -0.1) is 11.3 Å². The quantitative estimate of drug-likeness (QED) is 0.845. The van der Waals surface area contributed by atoms with Gasteiger partial charge in [-0.05, 0) is 23.6 Å². The Morgan fingerprint density at radius 2 is 1.71 bits per heavy atom. The zero-order valence-corrected chi connectivity index (χ0v) is 14.0. The number of sulfonamides is 1. The van der Waals surface area contributed by atoms with Crippen LogP contribution in [0.25, 0.3) is 0 Å². The number of carbonyl (C=O) groups is 1. The number of nitrogens with one attached hydrogen (secondary N) is 1. The molecular formula is C11H7Cl3N2O3S2. The lowest BCUT2D eigenvalue weighted by Gasteiger charge is -2.10. The third kappa shape index (κ3) is 3.68. The first-order valence-corrected chi connectivity index (χ1v) is 8.82. The lowest BCUT2D eigenvalue weighted by molar-refractivity contribution is 0.103. The zero-order valence-electron chi connectivity index (χ0n) is 10.1. The van der Waals surface area contributed by atoms with E-state index in [1.54, 1.807) is 11.4 Å². The highest BCUT2D eigenvalue weighted by molar-refractivity contribution is 7.89. The molecule has 1 aromatic carbocycles. The van der Waals surface area contributed by atoms with E-state index >= 15 is 0 Å². The molecule has 1 heterocycles. The van der Waals surface area contributed by atoms with E-state index in [-0.39, 0.29) is 20.6 Å². The number of primary sulfonamides is 1. The number of anilines is 1. The van der Waals surface area contributed by atoms with Gasteiger partial charge in [-0.2, -0.15) is 0 Å². The van der Waals surface area contributed by atoms with Gasteiger partial charge < -0.3 is 5.32 Å². The maximum atomic E-state index is 12.0. The van der Waals surface area contributed by atoms with E-state index in [4.69, 9.17) is 39.9 Å². The van der Waals surface area contributed by atoms with Crippen molar-refractivity contribution in [1.29, 1.82) is 0 Å². The number of hydrogen-bond acceptors (Lipinski definition) is 4. The molecule has 0 bridgehead atoms. The SMILES string of the molecule is NS(=O)(=O)c1cc(Cl)c(NC(=O)c2sccc2Cl)c(Cl)c1. The van der Waals surface area contributed by atoms with E-state index in [0.29, 0.717) is 9.90 Å². The highest BCUT2D eigenvalue weighted by Gasteiger charge is 2.18. The van der Waals surface area contributed by atoms with Crippen LogP contribution in [0, 0.1) is 0 Å². The monoisotopic (exact) mass is 384 g/mol. The van der Waals surface area contributed by atoms with Crippen molar-refractivity contribution < 1.29 is 13.2 Å². The molecule has 0 aliphatic carbocycles. The van der Waals surface area contributed by atoms with Gasteiger partial charge in [0.2, 0.25) is 10.0 Å². The Kier molecular flexibility index (Phi) is 4.82. The fourth-order valence-electron chi connectivity index (χ4n) is 1.46. The molecule has 3 N–H and O–H groups in total. The molecule has 1 amide bonds.